The number of aryl methyl sites for hydroxylation is 1. The van der Waals surface area contributed by atoms with Crippen LogP contribution in [0.5, 0.6) is 0 Å². The molecule has 0 N–H and O–H groups in total. The summed E-state index contributed by atoms with van der Waals surface area (Å²) in [5, 5.41) is 2.12. The number of carbonyl (C=O) groups is 1. The van der Waals surface area contributed by atoms with E-state index in [1.165, 1.54) is 0 Å². The quantitative estimate of drug-likeness (QED) is 0.383. The summed E-state index contributed by atoms with van der Waals surface area (Å²) in [6.45, 7) is 4.13. The summed E-state index contributed by atoms with van der Waals surface area (Å²) in [5.41, 5.74) is 4.07. The van der Waals surface area contributed by atoms with Crippen molar-refractivity contribution in [2.45, 2.75) is 31.2 Å². The highest BCUT2D eigenvalue weighted by Crippen LogP contribution is 2.50. The van der Waals surface area contributed by atoms with Gasteiger partial charge in [0.05, 0.1) is 11.5 Å². The lowest BCUT2D eigenvalue weighted by atomic mass is 9.92. The van der Waals surface area contributed by atoms with Gasteiger partial charge in [0.15, 0.2) is 0 Å². The molecule has 1 atom stereocenters. The average molecular weight is 500 g/mol. The summed E-state index contributed by atoms with van der Waals surface area (Å²) in [6, 6.07) is 21.7. The van der Waals surface area contributed by atoms with Gasteiger partial charge >= 0.3 is 0 Å². The lowest BCUT2D eigenvalue weighted by molar-refractivity contribution is -0.134. The minimum Gasteiger partial charge on any atom is -0.361 e. The van der Waals surface area contributed by atoms with Crippen molar-refractivity contribution in [2.75, 3.05) is 24.5 Å². The third kappa shape index (κ3) is 4.35. The van der Waals surface area contributed by atoms with E-state index < -0.39 is 5.41 Å². The van der Waals surface area contributed by atoms with Crippen molar-refractivity contribution < 1.29 is 4.79 Å². The van der Waals surface area contributed by atoms with Crippen LogP contribution in [0.1, 0.15) is 35.6 Å². The van der Waals surface area contributed by atoms with Gasteiger partial charge < -0.3 is 9.80 Å². The third-order valence-electron chi connectivity index (χ3n) is 6.95. The van der Waals surface area contributed by atoms with Crippen molar-refractivity contribution in [3.8, 4) is 0 Å². The number of halogens is 3. The Balaban J connectivity index is 1.46. The van der Waals surface area contributed by atoms with E-state index in [4.69, 9.17) is 34.8 Å². The Morgan fingerprint density at radius 3 is 2.06 bits per heavy atom. The Labute approximate surface area is 209 Å². The molecule has 3 nitrogen and oxygen atoms in total. The van der Waals surface area contributed by atoms with Crippen LogP contribution in [0.25, 0.3) is 0 Å². The van der Waals surface area contributed by atoms with Crippen LogP contribution in [0.4, 0.5) is 5.69 Å². The van der Waals surface area contributed by atoms with Crippen LogP contribution < -0.4 is 4.90 Å². The van der Waals surface area contributed by atoms with Crippen LogP contribution in [0.3, 0.4) is 0 Å². The van der Waals surface area contributed by atoms with Gasteiger partial charge in [0.1, 0.15) is 0 Å². The SMILES string of the molecule is Cc1cc(Cl)ccc1N1CCN(C(=O)C2(c3ccc(Cl)cc3)CC2)CC1c1ccc(Cl)cc1. The molecule has 2 aliphatic rings. The van der Waals surface area contributed by atoms with E-state index in [-0.39, 0.29) is 11.9 Å². The third-order valence-corrected chi connectivity index (χ3v) is 7.69. The highest BCUT2D eigenvalue weighted by Gasteiger charge is 2.53. The molecule has 170 valence electrons. The predicted octanol–water partition coefficient (Wildman–Crippen LogP) is 7.08. The molecule has 0 aromatic heterocycles. The van der Waals surface area contributed by atoms with Crippen molar-refractivity contribution >= 4 is 46.4 Å². The minimum atomic E-state index is -0.409. The molecular formula is C27H25Cl3N2O. The largest absolute Gasteiger partial charge is 0.361 e. The maximum absolute atomic E-state index is 13.8. The Kier molecular flexibility index (Phi) is 6.07. The van der Waals surface area contributed by atoms with E-state index in [1.54, 1.807) is 0 Å². The zero-order valence-corrected chi connectivity index (χ0v) is 20.7. The first-order valence-electron chi connectivity index (χ1n) is 11.2. The zero-order valence-electron chi connectivity index (χ0n) is 18.4. The van der Waals surface area contributed by atoms with Crippen molar-refractivity contribution in [3.63, 3.8) is 0 Å². The minimum absolute atomic E-state index is 0.0286. The molecule has 5 rings (SSSR count). The number of rotatable bonds is 4. The molecule has 2 fully saturated rings. The Bertz CT molecular complexity index is 1170. The fourth-order valence-electron chi connectivity index (χ4n) is 4.99. The monoisotopic (exact) mass is 498 g/mol. The molecular weight excluding hydrogens is 475 g/mol. The van der Waals surface area contributed by atoms with Gasteiger partial charge in [-0.25, -0.2) is 0 Å². The summed E-state index contributed by atoms with van der Waals surface area (Å²) in [6.07, 6.45) is 1.77. The Hall–Kier alpha value is -2.20. The molecule has 6 heteroatoms. The highest BCUT2D eigenvalue weighted by molar-refractivity contribution is 6.31. The first-order valence-corrected chi connectivity index (χ1v) is 12.3. The number of amides is 1. The summed E-state index contributed by atoms with van der Waals surface area (Å²) < 4.78 is 0. The number of nitrogens with zero attached hydrogens (tertiary/aromatic N) is 2. The lowest BCUT2D eigenvalue weighted by Crippen LogP contribution is -2.53. The molecule has 1 aliphatic heterocycles. The fraction of sp³-hybridized carbons (Fsp3) is 0.296. The summed E-state index contributed by atoms with van der Waals surface area (Å²) in [5.74, 6) is 0.219. The van der Waals surface area contributed by atoms with Crippen molar-refractivity contribution in [2.24, 2.45) is 0 Å². The maximum atomic E-state index is 13.8. The van der Waals surface area contributed by atoms with E-state index in [0.29, 0.717) is 23.1 Å². The van der Waals surface area contributed by atoms with Crippen LogP contribution in [0.2, 0.25) is 15.1 Å². The van der Waals surface area contributed by atoms with Crippen LogP contribution in [-0.2, 0) is 10.2 Å². The zero-order chi connectivity index (χ0) is 23.2. The average Bonchev–Trinajstić information content (AvgIpc) is 3.61. The molecule has 3 aromatic carbocycles. The number of carbonyl (C=O) groups excluding carboxylic acids is 1. The van der Waals surface area contributed by atoms with Gasteiger partial charge in [-0.1, -0.05) is 59.1 Å². The van der Waals surface area contributed by atoms with E-state index in [0.717, 1.165) is 46.8 Å². The van der Waals surface area contributed by atoms with Gasteiger partial charge in [0.25, 0.3) is 0 Å². The van der Waals surface area contributed by atoms with Gasteiger partial charge in [-0.3, -0.25) is 4.79 Å². The second kappa shape index (κ2) is 8.87. The molecule has 1 unspecified atom stereocenters. The maximum Gasteiger partial charge on any atom is 0.233 e. The number of anilines is 1. The van der Waals surface area contributed by atoms with Crippen LogP contribution in [0.15, 0.2) is 66.7 Å². The summed E-state index contributed by atoms with van der Waals surface area (Å²) in [7, 11) is 0. The Morgan fingerprint density at radius 1 is 0.848 bits per heavy atom. The van der Waals surface area contributed by atoms with Gasteiger partial charge in [-0.15, -0.1) is 0 Å². The van der Waals surface area contributed by atoms with E-state index in [2.05, 4.69) is 30.0 Å². The number of hydrogen-bond donors (Lipinski definition) is 0. The topological polar surface area (TPSA) is 23.6 Å². The molecule has 1 heterocycles. The molecule has 1 aliphatic carbocycles. The first-order chi connectivity index (χ1) is 15.9. The standard InChI is InChI=1S/C27H25Cl3N2O/c1-18-16-23(30)10-11-24(18)32-15-14-31(17-25(32)19-2-6-21(28)7-3-19)26(33)27(12-13-27)20-4-8-22(29)9-5-20/h2-11,16,25H,12-15,17H2,1H3. The molecule has 33 heavy (non-hydrogen) atoms. The number of benzene rings is 3. The highest BCUT2D eigenvalue weighted by atomic mass is 35.5. The van der Waals surface area contributed by atoms with Gasteiger partial charge in [0, 0.05) is 40.4 Å². The van der Waals surface area contributed by atoms with Crippen molar-refractivity contribution in [1.82, 2.24) is 4.90 Å². The number of hydrogen-bond acceptors (Lipinski definition) is 2. The Morgan fingerprint density at radius 2 is 1.45 bits per heavy atom. The first kappa shape index (κ1) is 22.6. The molecule has 1 amide bonds. The van der Waals surface area contributed by atoms with Crippen LogP contribution in [-0.4, -0.2) is 30.4 Å². The smallest absolute Gasteiger partial charge is 0.233 e. The number of piperazine rings is 1. The summed E-state index contributed by atoms with van der Waals surface area (Å²) in [4.78, 5) is 18.2. The van der Waals surface area contributed by atoms with E-state index in [1.807, 2.05) is 53.4 Å². The lowest BCUT2D eigenvalue weighted by Gasteiger charge is -2.44. The van der Waals surface area contributed by atoms with E-state index >= 15 is 0 Å². The predicted molar refractivity (Wildman–Crippen MR) is 137 cm³/mol. The second-order valence-corrected chi connectivity index (χ2v) is 10.3. The molecule has 0 spiro atoms. The van der Waals surface area contributed by atoms with Crippen LogP contribution in [0, 0.1) is 6.92 Å². The normalized spacial score (nSPS) is 19.5. The molecule has 0 bridgehead atoms. The second-order valence-electron chi connectivity index (χ2n) is 9.03. The molecule has 3 aromatic rings. The molecule has 1 saturated heterocycles. The van der Waals surface area contributed by atoms with E-state index in [9.17, 15) is 4.79 Å². The fourth-order valence-corrected chi connectivity index (χ4v) is 5.47. The summed E-state index contributed by atoms with van der Waals surface area (Å²) >= 11 is 18.5. The van der Waals surface area contributed by atoms with Crippen LogP contribution >= 0.6 is 34.8 Å². The van der Waals surface area contributed by atoms with Crippen molar-refractivity contribution in [1.29, 1.82) is 0 Å². The van der Waals surface area contributed by atoms with Crippen molar-refractivity contribution in [3.05, 3.63) is 98.5 Å². The molecule has 0 radical (unpaired) electrons. The van der Waals surface area contributed by atoms with Gasteiger partial charge in [-0.05, 0) is 78.9 Å². The van der Waals surface area contributed by atoms with Gasteiger partial charge in [-0.2, -0.15) is 0 Å². The molecule has 1 saturated carbocycles. The van der Waals surface area contributed by atoms with Gasteiger partial charge in [0.2, 0.25) is 5.91 Å².